The Morgan fingerprint density at radius 2 is 1.60 bits per heavy atom. The molecular formula is C21H23N3O. The Balaban J connectivity index is 1.94. The van der Waals surface area contributed by atoms with E-state index < -0.39 is 0 Å². The van der Waals surface area contributed by atoms with Crippen molar-refractivity contribution in [2.75, 3.05) is 0 Å². The third-order valence-electron chi connectivity index (χ3n) is 5.25. The standard InChI is InChI=1S/C21H23N3O/c22-21-23(15-16-9-3-1-4-10-16)19-14-8-7-13-18(19)20(25)24(21)17-11-5-2-6-12-17/h1,3-4,7-10,13-14,17,22H,2,5-6,11-12,15H2. The van der Waals surface area contributed by atoms with Crippen molar-refractivity contribution < 1.29 is 0 Å². The van der Waals surface area contributed by atoms with Gasteiger partial charge in [0.05, 0.1) is 17.4 Å². The lowest BCUT2D eigenvalue weighted by Crippen LogP contribution is -2.43. The van der Waals surface area contributed by atoms with Crippen LogP contribution in [0.1, 0.15) is 43.7 Å². The molecule has 2 aromatic carbocycles. The minimum Gasteiger partial charge on any atom is -0.307 e. The van der Waals surface area contributed by atoms with Crippen LogP contribution in [0.25, 0.3) is 10.9 Å². The summed E-state index contributed by atoms with van der Waals surface area (Å²) in [4.78, 5) is 13.1. The molecule has 4 rings (SSSR count). The predicted molar refractivity (Wildman–Crippen MR) is 99.7 cm³/mol. The van der Waals surface area contributed by atoms with Crippen LogP contribution in [0.5, 0.6) is 0 Å². The Labute approximate surface area is 146 Å². The fourth-order valence-corrected chi connectivity index (χ4v) is 3.96. The molecule has 1 N–H and O–H groups in total. The molecule has 1 heterocycles. The summed E-state index contributed by atoms with van der Waals surface area (Å²) in [7, 11) is 0. The van der Waals surface area contributed by atoms with E-state index in [1.54, 1.807) is 4.57 Å². The molecule has 0 spiro atoms. The summed E-state index contributed by atoms with van der Waals surface area (Å²) in [6.45, 7) is 0.604. The SMILES string of the molecule is N=c1n(C2CCCCC2)c(=O)c2ccccc2n1Cc1ccccc1. The quantitative estimate of drug-likeness (QED) is 0.778. The molecule has 0 atom stereocenters. The van der Waals surface area contributed by atoms with Gasteiger partial charge in [-0.05, 0) is 30.5 Å². The van der Waals surface area contributed by atoms with Gasteiger partial charge in [0.25, 0.3) is 5.56 Å². The molecule has 0 bridgehead atoms. The Morgan fingerprint density at radius 3 is 2.36 bits per heavy atom. The Kier molecular flexibility index (Phi) is 4.26. The van der Waals surface area contributed by atoms with Gasteiger partial charge < -0.3 is 4.57 Å². The molecule has 1 saturated carbocycles. The summed E-state index contributed by atoms with van der Waals surface area (Å²) in [5, 5.41) is 9.49. The van der Waals surface area contributed by atoms with Crippen molar-refractivity contribution in [3.63, 3.8) is 0 Å². The summed E-state index contributed by atoms with van der Waals surface area (Å²) < 4.78 is 3.71. The van der Waals surface area contributed by atoms with Crippen molar-refractivity contribution in [1.82, 2.24) is 9.13 Å². The van der Waals surface area contributed by atoms with Gasteiger partial charge in [0.1, 0.15) is 0 Å². The van der Waals surface area contributed by atoms with Gasteiger partial charge in [0.2, 0.25) is 5.62 Å². The van der Waals surface area contributed by atoms with Gasteiger partial charge in [0.15, 0.2) is 0 Å². The summed E-state index contributed by atoms with van der Waals surface area (Å²) in [6, 6.07) is 18.0. The average molecular weight is 333 g/mol. The smallest absolute Gasteiger partial charge is 0.262 e. The Bertz CT molecular complexity index is 995. The monoisotopic (exact) mass is 333 g/mol. The Morgan fingerprint density at radius 1 is 0.920 bits per heavy atom. The largest absolute Gasteiger partial charge is 0.307 e. The second-order valence-corrected chi connectivity index (χ2v) is 6.88. The second kappa shape index (κ2) is 6.71. The number of benzene rings is 2. The van der Waals surface area contributed by atoms with E-state index in [4.69, 9.17) is 5.41 Å². The van der Waals surface area contributed by atoms with Gasteiger partial charge in [-0.25, -0.2) is 0 Å². The highest BCUT2D eigenvalue weighted by molar-refractivity contribution is 5.77. The first kappa shape index (κ1) is 15.9. The van der Waals surface area contributed by atoms with Gasteiger partial charge in [-0.2, -0.15) is 0 Å². The van der Waals surface area contributed by atoms with Crippen molar-refractivity contribution in [2.24, 2.45) is 0 Å². The third kappa shape index (κ3) is 2.93. The lowest BCUT2D eigenvalue weighted by Gasteiger charge is -2.26. The Hall–Kier alpha value is -2.62. The van der Waals surface area contributed by atoms with Crippen LogP contribution in [-0.4, -0.2) is 9.13 Å². The van der Waals surface area contributed by atoms with Crippen LogP contribution in [0, 0.1) is 5.41 Å². The number of fused-ring (bicyclic) bond motifs is 1. The predicted octanol–water partition coefficient (Wildman–Crippen LogP) is 3.84. The molecule has 1 aliphatic carbocycles. The molecule has 1 fully saturated rings. The van der Waals surface area contributed by atoms with Crippen molar-refractivity contribution in [3.8, 4) is 0 Å². The maximum Gasteiger partial charge on any atom is 0.262 e. The van der Waals surface area contributed by atoms with E-state index in [-0.39, 0.29) is 11.6 Å². The zero-order valence-corrected chi connectivity index (χ0v) is 14.3. The van der Waals surface area contributed by atoms with E-state index in [1.807, 2.05) is 47.0 Å². The molecule has 128 valence electrons. The molecular weight excluding hydrogens is 310 g/mol. The first-order chi connectivity index (χ1) is 12.3. The van der Waals surface area contributed by atoms with Crippen LogP contribution in [0.4, 0.5) is 0 Å². The van der Waals surface area contributed by atoms with E-state index >= 15 is 0 Å². The van der Waals surface area contributed by atoms with Crippen molar-refractivity contribution in [2.45, 2.75) is 44.7 Å². The molecule has 0 saturated heterocycles. The zero-order chi connectivity index (χ0) is 17.2. The maximum absolute atomic E-state index is 13.1. The van der Waals surface area contributed by atoms with Crippen LogP contribution >= 0.6 is 0 Å². The highest BCUT2D eigenvalue weighted by Crippen LogP contribution is 2.26. The highest BCUT2D eigenvalue weighted by atomic mass is 16.1. The van der Waals surface area contributed by atoms with E-state index in [0.29, 0.717) is 17.5 Å². The lowest BCUT2D eigenvalue weighted by atomic mass is 9.95. The molecule has 0 aliphatic heterocycles. The van der Waals surface area contributed by atoms with Crippen molar-refractivity contribution in [3.05, 3.63) is 76.1 Å². The van der Waals surface area contributed by atoms with E-state index in [1.165, 1.54) is 6.42 Å². The molecule has 0 unspecified atom stereocenters. The van der Waals surface area contributed by atoms with Crippen LogP contribution in [0.2, 0.25) is 0 Å². The van der Waals surface area contributed by atoms with Crippen molar-refractivity contribution in [1.29, 1.82) is 5.41 Å². The molecule has 0 radical (unpaired) electrons. The van der Waals surface area contributed by atoms with Crippen LogP contribution in [0.15, 0.2) is 59.4 Å². The fraction of sp³-hybridized carbons (Fsp3) is 0.333. The third-order valence-corrected chi connectivity index (χ3v) is 5.25. The zero-order valence-electron chi connectivity index (χ0n) is 14.3. The van der Waals surface area contributed by atoms with Crippen molar-refractivity contribution >= 4 is 10.9 Å². The molecule has 0 amide bonds. The van der Waals surface area contributed by atoms with Gasteiger partial charge in [0, 0.05) is 6.04 Å². The first-order valence-electron chi connectivity index (χ1n) is 9.08. The minimum atomic E-state index is -0.0168. The van der Waals surface area contributed by atoms with Crippen LogP contribution in [-0.2, 0) is 6.54 Å². The molecule has 3 aromatic rings. The number of rotatable bonds is 3. The number of hydrogen-bond donors (Lipinski definition) is 1. The molecule has 4 heteroatoms. The minimum absolute atomic E-state index is 0.0168. The number of nitrogens with zero attached hydrogens (tertiary/aromatic N) is 2. The van der Waals surface area contributed by atoms with Gasteiger partial charge in [-0.1, -0.05) is 61.7 Å². The van der Waals surface area contributed by atoms with Crippen LogP contribution < -0.4 is 11.2 Å². The molecule has 25 heavy (non-hydrogen) atoms. The summed E-state index contributed by atoms with van der Waals surface area (Å²) in [6.07, 6.45) is 5.51. The maximum atomic E-state index is 13.1. The van der Waals surface area contributed by atoms with E-state index in [0.717, 1.165) is 36.8 Å². The summed E-state index contributed by atoms with van der Waals surface area (Å²) in [5.41, 5.74) is 2.28. The van der Waals surface area contributed by atoms with Gasteiger partial charge in [-0.3, -0.25) is 14.8 Å². The lowest BCUT2D eigenvalue weighted by molar-refractivity contribution is 0.328. The number of nitrogens with one attached hydrogen (secondary N) is 1. The first-order valence-corrected chi connectivity index (χ1v) is 9.08. The fourth-order valence-electron chi connectivity index (χ4n) is 3.96. The highest BCUT2D eigenvalue weighted by Gasteiger charge is 2.20. The normalized spacial score (nSPS) is 15.5. The van der Waals surface area contributed by atoms with Gasteiger partial charge in [-0.15, -0.1) is 0 Å². The second-order valence-electron chi connectivity index (χ2n) is 6.88. The van der Waals surface area contributed by atoms with E-state index in [9.17, 15) is 4.79 Å². The van der Waals surface area contributed by atoms with E-state index in [2.05, 4.69) is 12.1 Å². The van der Waals surface area contributed by atoms with Gasteiger partial charge >= 0.3 is 0 Å². The number of hydrogen-bond acceptors (Lipinski definition) is 2. The summed E-state index contributed by atoms with van der Waals surface area (Å²) >= 11 is 0. The number of aromatic nitrogens is 2. The van der Waals surface area contributed by atoms with Crippen LogP contribution in [0.3, 0.4) is 0 Å². The topological polar surface area (TPSA) is 50.8 Å². The average Bonchev–Trinajstić information content (AvgIpc) is 2.67. The molecule has 1 aliphatic rings. The molecule has 4 nitrogen and oxygen atoms in total. The summed E-state index contributed by atoms with van der Waals surface area (Å²) in [5.74, 6) is 0. The molecule has 1 aromatic heterocycles. The number of para-hydroxylation sites is 1.